The van der Waals surface area contributed by atoms with Crippen molar-refractivity contribution in [3.8, 4) is 17.6 Å². The largest absolute Gasteiger partial charge is 0.379 e. The lowest BCUT2D eigenvalue weighted by Crippen LogP contribution is -2.14. The normalized spacial score (nSPS) is 15.2. The summed E-state index contributed by atoms with van der Waals surface area (Å²) in [5.41, 5.74) is 3.47. The molecule has 4 aromatic rings. The third-order valence-electron chi connectivity index (χ3n) is 6.80. The molecule has 1 aliphatic heterocycles. The van der Waals surface area contributed by atoms with Crippen LogP contribution in [-0.4, -0.2) is 30.3 Å². The molecule has 0 aromatic heterocycles. The Balaban J connectivity index is 1.49. The van der Waals surface area contributed by atoms with E-state index in [9.17, 15) is 30.5 Å². The number of thioether (sulfide) groups is 1. The maximum atomic E-state index is 13.5. The quantitative estimate of drug-likeness (QED) is 0.101. The van der Waals surface area contributed by atoms with E-state index in [0.29, 0.717) is 16.0 Å². The average Bonchev–Trinajstić information content (AvgIpc) is 3.51. The third kappa shape index (κ3) is 7.80. The van der Waals surface area contributed by atoms with Gasteiger partial charge in [-0.05, 0) is 80.4 Å². The van der Waals surface area contributed by atoms with Gasteiger partial charge in [-0.1, -0.05) is 76.6 Å². The molecule has 0 radical (unpaired) electrons. The molecule has 0 amide bonds. The van der Waals surface area contributed by atoms with Crippen LogP contribution in [0.5, 0.6) is 11.5 Å². The van der Waals surface area contributed by atoms with Crippen LogP contribution in [-0.2, 0) is 34.6 Å². The molecular formula is C33H26N2O9S4. The van der Waals surface area contributed by atoms with Crippen molar-refractivity contribution in [2.45, 2.75) is 35.5 Å². The Bertz CT molecular complexity index is 2360. The number of rotatable bonds is 10. The monoisotopic (exact) mass is 722 g/mol. The summed E-state index contributed by atoms with van der Waals surface area (Å²) < 4.78 is 94.5. The first-order valence-electron chi connectivity index (χ1n) is 13.9. The van der Waals surface area contributed by atoms with Gasteiger partial charge in [-0.2, -0.15) is 30.5 Å². The van der Waals surface area contributed by atoms with Crippen molar-refractivity contribution in [3.63, 3.8) is 0 Å². The Morgan fingerprint density at radius 1 is 0.708 bits per heavy atom. The third-order valence-corrected chi connectivity index (χ3v) is 11.4. The molecule has 5 rings (SSSR count). The Hall–Kier alpha value is -4.88. The van der Waals surface area contributed by atoms with Gasteiger partial charge in [0.25, 0.3) is 0 Å². The molecule has 246 valence electrons. The highest BCUT2D eigenvalue weighted by molar-refractivity contribution is 8.18. The van der Waals surface area contributed by atoms with Crippen molar-refractivity contribution in [1.82, 2.24) is 0 Å². The van der Waals surface area contributed by atoms with Gasteiger partial charge in [0.1, 0.15) is 26.7 Å². The minimum Gasteiger partial charge on any atom is -0.379 e. The lowest BCUT2D eigenvalue weighted by atomic mass is 10.0. The zero-order valence-electron chi connectivity index (χ0n) is 25.5. The molecule has 0 N–H and O–H groups in total. The molecule has 4 aromatic carbocycles. The van der Waals surface area contributed by atoms with E-state index in [1.807, 2.05) is 19.1 Å². The van der Waals surface area contributed by atoms with E-state index < -0.39 is 46.7 Å². The van der Waals surface area contributed by atoms with Gasteiger partial charge in [0.15, 0.2) is 10.6 Å². The predicted molar refractivity (Wildman–Crippen MR) is 181 cm³/mol. The zero-order chi connectivity index (χ0) is 34.7. The standard InChI is InChI=1S/C33H26N2O9S4/c1-22-8-13-26(14-9-22)46(36,37)42-25-12-17-30(43-47(38,39)27-15-10-23(2)11-16-27)32(20-25)48(40,41)44-35-33-19-18-31(45-33)29(21-34)28-7-5-4-6-24(28)3/h4-20H,1-3H3. The summed E-state index contributed by atoms with van der Waals surface area (Å²) in [5, 5.41) is 13.6. The van der Waals surface area contributed by atoms with Gasteiger partial charge < -0.3 is 8.37 Å². The molecule has 0 saturated carbocycles. The molecule has 0 spiro atoms. The zero-order valence-corrected chi connectivity index (χ0v) is 28.8. The fraction of sp³-hybridized carbons (Fsp3) is 0.0909. The van der Waals surface area contributed by atoms with Crippen LogP contribution in [0.3, 0.4) is 0 Å². The Kier molecular flexibility index (Phi) is 9.83. The fourth-order valence-corrected chi connectivity index (χ4v) is 7.97. The first kappa shape index (κ1) is 34.5. The van der Waals surface area contributed by atoms with E-state index in [4.69, 9.17) is 12.6 Å². The van der Waals surface area contributed by atoms with Crippen molar-refractivity contribution in [2.24, 2.45) is 5.16 Å². The molecule has 1 heterocycles. The lowest BCUT2D eigenvalue weighted by Gasteiger charge is -2.13. The van der Waals surface area contributed by atoms with E-state index in [2.05, 4.69) is 11.2 Å². The van der Waals surface area contributed by atoms with Crippen LogP contribution in [0.1, 0.15) is 22.3 Å². The highest BCUT2D eigenvalue weighted by Gasteiger charge is 2.29. The van der Waals surface area contributed by atoms with Crippen molar-refractivity contribution in [3.05, 3.63) is 130 Å². The van der Waals surface area contributed by atoms with Crippen molar-refractivity contribution >= 4 is 52.7 Å². The summed E-state index contributed by atoms with van der Waals surface area (Å²) in [6.07, 6.45) is 3.02. The van der Waals surface area contributed by atoms with Gasteiger partial charge in [0.05, 0.1) is 5.57 Å². The summed E-state index contributed by atoms with van der Waals surface area (Å²) in [5.74, 6) is -1.17. The van der Waals surface area contributed by atoms with Crippen molar-refractivity contribution in [2.75, 3.05) is 0 Å². The predicted octanol–water partition coefficient (Wildman–Crippen LogP) is 6.40. The van der Waals surface area contributed by atoms with E-state index in [-0.39, 0.29) is 14.8 Å². The van der Waals surface area contributed by atoms with Gasteiger partial charge in [0, 0.05) is 11.0 Å². The summed E-state index contributed by atoms with van der Waals surface area (Å²) >= 11 is 0.980. The second kappa shape index (κ2) is 13.7. The van der Waals surface area contributed by atoms with Crippen LogP contribution < -0.4 is 8.37 Å². The lowest BCUT2D eigenvalue weighted by molar-refractivity contribution is 0.338. The molecule has 0 unspecified atom stereocenters. The number of allylic oxidation sites excluding steroid dienone is 2. The number of aryl methyl sites for hydroxylation is 3. The van der Waals surface area contributed by atoms with Crippen LogP contribution in [0.25, 0.3) is 5.57 Å². The highest BCUT2D eigenvalue weighted by Crippen LogP contribution is 2.37. The number of nitrogens with zero attached hydrogens (tertiary/aromatic N) is 2. The molecule has 0 aliphatic carbocycles. The van der Waals surface area contributed by atoms with E-state index in [0.717, 1.165) is 46.7 Å². The molecule has 0 bridgehead atoms. The van der Waals surface area contributed by atoms with Gasteiger partial charge in [-0.3, -0.25) is 4.28 Å². The molecule has 0 saturated heterocycles. The molecule has 0 atom stereocenters. The van der Waals surface area contributed by atoms with Crippen LogP contribution in [0.4, 0.5) is 0 Å². The van der Waals surface area contributed by atoms with E-state index in [1.54, 1.807) is 44.2 Å². The van der Waals surface area contributed by atoms with Gasteiger partial charge in [-0.25, -0.2) is 0 Å². The summed E-state index contributed by atoms with van der Waals surface area (Å²) in [4.78, 5) is -0.830. The van der Waals surface area contributed by atoms with Gasteiger partial charge in [0.2, 0.25) is 0 Å². The summed E-state index contributed by atoms with van der Waals surface area (Å²) in [6, 6.07) is 23.5. The maximum Gasteiger partial charge on any atom is 0.362 e. The minimum absolute atomic E-state index is 0.0685. The Morgan fingerprint density at radius 2 is 1.29 bits per heavy atom. The highest BCUT2D eigenvalue weighted by atomic mass is 32.2. The first-order chi connectivity index (χ1) is 22.7. The topological polar surface area (TPSA) is 166 Å². The van der Waals surface area contributed by atoms with Gasteiger partial charge in [-0.15, -0.1) is 0 Å². The molecule has 48 heavy (non-hydrogen) atoms. The molecule has 11 nitrogen and oxygen atoms in total. The average molecular weight is 723 g/mol. The Morgan fingerprint density at radius 3 is 1.88 bits per heavy atom. The Labute approximate surface area is 283 Å². The second-order valence-electron chi connectivity index (χ2n) is 10.4. The van der Waals surface area contributed by atoms with Crippen molar-refractivity contribution < 1.29 is 37.9 Å². The number of hydrogen-bond acceptors (Lipinski definition) is 12. The maximum absolute atomic E-state index is 13.5. The summed E-state index contributed by atoms with van der Waals surface area (Å²) in [7, 11) is -13.9. The number of benzene rings is 4. The fourth-order valence-electron chi connectivity index (χ4n) is 4.29. The minimum atomic E-state index is -4.97. The van der Waals surface area contributed by atoms with E-state index in [1.165, 1.54) is 42.5 Å². The number of nitriles is 1. The molecule has 15 heteroatoms. The van der Waals surface area contributed by atoms with Gasteiger partial charge >= 0.3 is 30.4 Å². The van der Waals surface area contributed by atoms with Crippen molar-refractivity contribution in [1.29, 1.82) is 5.26 Å². The van der Waals surface area contributed by atoms with E-state index >= 15 is 0 Å². The second-order valence-corrected chi connectivity index (χ2v) is 16.0. The molecule has 1 aliphatic rings. The molecular weight excluding hydrogens is 697 g/mol. The van der Waals surface area contributed by atoms with Crippen LogP contribution in [0, 0.1) is 32.1 Å². The van der Waals surface area contributed by atoms with Crippen LogP contribution in [0.2, 0.25) is 0 Å². The SMILES string of the molecule is Cc1ccc(S(=O)(=O)Oc2ccc(OS(=O)(=O)c3ccc(C)cc3)c(S(=O)(=O)ON=C3C=CC(=C(C#N)c4ccccc4C)S3)c2)cc1. The van der Waals surface area contributed by atoms with Crippen LogP contribution in [0.15, 0.2) is 128 Å². The first-order valence-corrected chi connectivity index (χ1v) is 19.0. The smallest absolute Gasteiger partial charge is 0.362 e. The molecule has 0 fully saturated rings. The summed E-state index contributed by atoms with van der Waals surface area (Å²) in [6.45, 7) is 5.37. The number of hydrogen-bond donors (Lipinski definition) is 0. The van der Waals surface area contributed by atoms with Crippen LogP contribution >= 0.6 is 11.8 Å². The number of oxime groups is 1.